The Hall–Kier alpha value is -1.95. The summed E-state index contributed by atoms with van der Waals surface area (Å²) in [5.74, 6) is 5.73. The van der Waals surface area contributed by atoms with E-state index in [9.17, 15) is 20.4 Å². The van der Waals surface area contributed by atoms with E-state index >= 15 is 0 Å². The number of hydrogen-bond acceptors (Lipinski definition) is 6. The van der Waals surface area contributed by atoms with Crippen LogP contribution >= 0.6 is 11.6 Å². The van der Waals surface area contributed by atoms with E-state index < -0.39 is 42.7 Å². The Labute approximate surface area is 193 Å². The summed E-state index contributed by atoms with van der Waals surface area (Å²) in [6, 6.07) is 13.0. The van der Waals surface area contributed by atoms with Crippen LogP contribution in [0.3, 0.4) is 0 Å². The Morgan fingerprint density at radius 3 is 2.38 bits per heavy atom. The van der Waals surface area contributed by atoms with Gasteiger partial charge in [0.25, 0.3) is 0 Å². The number of hydrogen-bond donors (Lipinski definition) is 4. The van der Waals surface area contributed by atoms with Crippen molar-refractivity contribution >= 4 is 11.6 Å². The highest BCUT2D eigenvalue weighted by atomic mass is 35.5. The van der Waals surface area contributed by atoms with Gasteiger partial charge >= 0.3 is 0 Å². The van der Waals surface area contributed by atoms with Gasteiger partial charge in [0, 0.05) is 17.7 Å². The summed E-state index contributed by atoms with van der Waals surface area (Å²) >= 11 is 6.43. The molecule has 0 radical (unpaired) electrons. The summed E-state index contributed by atoms with van der Waals surface area (Å²) in [6.45, 7) is 2.87. The van der Waals surface area contributed by atoms with Crippen LogP contribution in [0.1, 0.15) is 42.2 Å². The lowest BCUT2D eigenvalue weighted by Gasteiger charge is -2.42. The number of rotatable bonds is 5. The minimum atomic E-state index is -1.14. The molecule has 1 fully saturated rings. The van der Waals surface area contributed by atoms with Crippen molar-refractivity contribution in [2.24, 2.45) is 0 Å². The minimum absolute atomic E-state index is 0.395. The number of halogens is 1. The Bertz CT molecular complexity index is 973. The molecule has 0 amide bonds. The molecule has 7 heteroatoms. The Balaban J connectivity index is 1.82. The van der Waals surface area contributed by atoms with E-state index in [4.69, 9.17) is 21.1 Å². The monoisotopic (exact) mass is 460 g/mol. The second-order valence-corrected chi connectivity index (χ2v) is 8.90. The molecule has 0 bridgehead atoms. The molecule has 0 aromatic heterocycles. The van der Waals surface area contributed by atoms with Crippen LogP contribution in [-0.4, -0.2) is 64.2 Å². The van der Waals surface area contributed by atoms with Crippen LogP contribution in [0.4, 0.5) is 0 Å². The number of aliphatic hydroxyl groups excluding tert-OH is 3. The van der Waals surface area contributed by atoms with Gasteiger partial charge in [-0.2, -0.15) is 0 Å². The molecule has 6 nitrogen and oxygen atoms in total. The molecule has 0 aliphatic carbocycles. The molecule has 1 aliphatic rings. The summed E-state index contributed by atoms with van der Waals surface area (Å²) in [6.07, 6.45) is -4.24. The van der Waals surface area contributed by atoms with Crippen molar-refractivity contribution in [1.82, 2.24) is 0 Å². The topological polar surface area (TPSA) is 99.4 Å². The maximum Gasteiger partial charge on any atom is 0.120 e. The van der Waals surface area contributed by atoms with Gasteiger partial charge in [-0.3, -0.25) is 0 Å². The minimum Gasteiger partial charge on any atom is -0.394 e. The third kappa shape index (κ3) is 5.89. The van der Waals surface area contributed by atoms with Gasteiger partial charge in [-0.1, -0.05) is 47.7 Å². The molecule has 0 spiro atoms. The van der Waals surface area contributed by atoms with Gasteiger partial charge in [0.1, 0.15) is 36.1 Å². The Kier molecular flexibility index (Phi) is 7.97. The fraction of sp³-hybridized carbons (Fsp3) is 0.440. The SMILES string of the molecule is CO[C@@H]1[C@@H](O)[C@H](c2ccc(Cl)c(Cc3ccc(C#CC(C)(C)O)cc3)c2)O[C@H](CO)[C@H]1O. The Morgan fingerprint density at radius 2 is 1.78 bits per heavy atom. The molecule has 0 unspecified atom stereocenters. The lowest BCUT2D eigenvalue weighted by molar-refractivity contribution is -0.238. The highest BCUT2D eigenvalue weighted by molar-refractivity contribution is 6.31. The van der Waals surface area contributed by atoms with E-state index in [2.05, 4.69) is 11.8 Å². The maximum absolute atomic E-state index is 10.7. The fourth-order valence-corrected chi connectivity index (χ4v) is 3.88. The number of ether oxygens (including phenoxy) is 2. The zero-order valence-electron chi connectivity index (χ0n) is 18.3. The highest BCUT2D eigenvalue weighted by Gasteiger charge is 2.45. The maximum atomic E-state index is 10.7. The van der Waals surface area contributed by atoms with Crippen LogP contribution in [0.15, 0.2) is 42.5 Å². The molecule has 4 N–H and O–H groups in total. The number of benzene rings is 2. The first-order valence-electron chi connectivity index (χ1n) is 10.4. The second kappa shape index (κ2) is 10.3. The van der Waals surface area contributed by atoms with Gasteiger partial charge in [0.15, 0.2) is 0 Å². The quantitative estimate of drug-likeness (QED) is 0.511. The van der Waals surface area contributed by atoms with Gasteiger partial charge in [0.05, 0.1) is 6.61 Å². The average Bonchev–Trinajstić information content (AvgIpc) is 2.75. The lowest BCUT2D eigenvalue weighted by Crippen LogP contribution is -2.56. The van der Waals surface area contributed by atoms with Crippen molar-refractivity contribution in [2.75, 3.05) is 13.7 Å². The standard InChI is InChI=1S/C25H29ClO6/c1-25(2,30)11-10-15-4-6-16(7-5-15)12-18-13-17(8-9-19(18)26)23-22(29)24(31-3)21(28)20(14-27)32-23/h4-9,13,20-24,27-30H,12,14H2,1-3H3/t20-,21-,22+,23+,24+/m1/s1. The van der Waals surface area contributed by atoms with E-state index in [-0.39, 0.29) is 0 Å². The summed E-state index contributed by atoms with van der Waals surface area (Å²) in [5.41, 5.74) is 2.29. The van der Waals surface area contributed by atoms with E-state index in [0.29, 0.717) is 17.0 Å². The van der Waals surface area contributed by atoms with Crippen molar-refractivity contribution in [1.29, 1.82) is 0 Å². The molecule has 0 saturated carbocycles. The molecule has 32 heavy (non-hydrogen) atoms. The highest BCUT2D eigenvalue weighted by Crippen LogP contribution is 2.35. The van der Waals surface area contributed by atoms with Crippen LogP contribution in [-0.2, 0) is 15.9 Å². The molecule has 3 rings (SSSR count). The predicted octanol–water partition coefficient (Wildman–Crippen LogP) is 2.22. The number of aliphatic hydroxyl groups is 4. The first kappa shape index (κ1) is 24.7. The summed E-state index contributed by atoms with van der Waals surface area (Å²) in [5, 5.41) is 40.8. The van der Waals surface area contributed by atoms with Crippen molar-refractivity contribution in [3.8, 4) is 11.8 Å². The third-order valence-corrected chi connectivity index (χ3v) is 5.77. The lowest BCUT2D eigenvalue weighted by atomic mass is 9.90. The summed E-state index contributed by atoms with van der Waals surface area (Å²) in [7, 11) is 1.40. The van der Waals surface area contributed by atoms with Crippen molar-refractivity contribution in [2.45, 2.75) is 56.4 Å². The third-order valence-electron chi connectivity index (χ3n) is 5.40. The molecular formula is C25H29ClO6. The molecule has 1 saturated heterocycles. The Morgan fingerprint density at radius 1 is 1.09 bits per heavy atom. The van der Waals surface area contributed by atoms with Gasteiger partial charge in [-0.05, 0) is 55.2 Å². The fourth-order valence-electron chi connectivity index (χ4n) is 3.70. The molecule has 1 aliphatic heterocycles. The van der Waals surface area contributed by atoms with Crippen molar-refractivity contribution in [3.05, 3.63) is 69.7 Å². The number of methoxy groups -OCH3 is 1. The van der Waals surface area contributed by atoms with Gasteiger partial charge < -0.3 is 29.9 Å². The van der Waals surface area contributed by atoms with E-state index in [1.54, 1.807) is 26.0 Å². The van der Waals surface area contributed by atoms with Gasteiger partial charge in [-0.25, -0.2) is 0 Å². The van der Waals surface area contributed by atoms with Crippen LogP contribution < -0.4 is 0 Å². The predicted molar refractivity (Wildman–Crippen MR) is 121 cm³/mol. The molecule has 1 heterocycles. The molecule has 172 valence electrons. The van der Waals surface area contributed by atoms with E-state index in [0.717, 1.165) is 16.7 Å². The van der Waals surface area contributed by atoms with E-state index in [1.165, 1.54) is 7.11 Å². The molecule has 2 aromatic carbocycles. The summed E-state index contributed by atoms with van der Waals surface area (Å²) < 4.78 is 11.0. The average molecular weight is 461 g/mol. The zero-order valence-corrected chi connectivity index (χ0v) is 19.1. The smallest absolute Gasteiger partial charge is 0.120 e. The van der Waals surface area contributed by atoms with Crippen LogP contribution in [0, 0.1) is 11.8 Å². The largest absolute Gasteiger partial charge is 0.394 e. The van der Waals surface area contributed by atoms with E-state index in [1.807, 2.05) is 30.3 Å². The van der Waals surface area contributed by atoms with Gasteiger partial charge in [-0.15, -0.1) is 0 Å². The van der Waals surface area contributed by atoms with Crippen LogP contribution in [0.25, 0.3) is 0 Å². The van der Waals surface area contributed by atoms with Gasteiger partial charge in [0.2, 0.25) is 0 Å². The van der Waals surface area contributed by atoms with Crippen LogP contribution in [0.5, 0.6) is 0 Å². The summed E-state index contributed by atoms with van der Waals surface area (Å²) in [4.78, 5) is 0. The van der Waals surface area contributed by atoms with Crippen molar-refractivity contribution < 1.29 is 29.9 Å². The molecular weight excluding hydrogens is 432 g/mol. The normalized spacial score (nSPS) is 25.8. The van der Waals surface area contributed by atoms with Crippen LogP contribution in [0.2, 0.25) is 5.02 Å². The first-order valence-corrected chi connectivity index (χ1v) is 10.8. The zero-order chi connectivity index (χ0) is 23.5. The van der Waals surface area contributed by atoms with Crippen molar-refractivity contribution in [3.63, 3.8) is 0 Å². The first-order chi connectivity index (χ1) is 15.1. The molecule has 2 aromatic rings. The molecule has 5 atom stereocenters. The second-order valence-electron chi connectivity index (χ2n) is 8.49.